The molecule has 0 aromatic rings. The molecule has 0 radical (unpaired) electrons. The summed E-state index contributed by atoms with van der Waals surface area (Å²) in [5.41, 5.74) is 5.66. The van der Waals surface area contributed by atoms with Gasteiger partial charge in [0.2, 0.25) is 0 Å². The summed E-state index contributed by atoms with van der Waals surface area (Å²) in [5, 5.41) is -0.265. The third-order valence-corrected chi connectivity index (χ3v) is 3.43. The van der Waals surface area contributed by atoms with Crippen molar-refractivity contribution in [3.8, 4) is 0 Å². The number of nitrogens with two attached hydrogens (primary N) is 1. The van der Waals surface area contributed by atoms with E-state index in [-0.39, 0.29) is 23.9 Å². The van der Waals surface area contributed by atoms with Gasteiger partial charge in [-0.1, -0.05) is 0 Å². The Labute approximate surface area is 114 Å². The molecule has 110 valence electrons. The third-order valence-electron chi connectivity index (χ3n) is 3.21. The van der Waals surface area contributed by atoms with E-state index in [4.69, 9.17) is 5.73 Å². The van der Waals surface area contributed by atoms with E-state index in [0.29, 0.717) is 19.3 Å². The molecule has 19 heavy (non-hydrogen) atoms. The molecule has 4 nitrogen and oxygen atoms in total. The van der Waals surface area contributed by atoms with Crippen LogP contribution >= 0.6 is 12.6 Å². The molecule has 8 heteroatoms. The van der Waals surface area contributed by atoms with Crippen LogP contribution in [-0.2, 0) is 14.3 Å². The molecule has 2 N–H and O–H groups in total. The highest BCUT2D eigenvalue weighted by Gasteiger charge is 2.44. The summed E-state index contributed by atoms with van der Waals surface area (Å²) in [5.74, 6) is -2.18. The van der Waals surface area contributed by atoms with Crippen molar-refractivity contribution in [2.45, 2.75) is 50.4 Å². The summed E-state index contributed by atoms with van der Waals surface area (Å²) < 4.78 is 40.7. The molecule has 0 aromatic heterocycles. The second-order valence-electron chi connectivity index (χ2n) is 4.72. The van der Waals surface area contributed by atoms with Crippen molar-refractivity contribution in [3.63, 3.8) is 0 Å². The summed E-state index contributed by atoms with van der Waals surface area (Å²) in [6.07, 6.45) is -3.73. The van der Waals surface area contributed by atoms with Gasteiger partial charge in [0.05, 0.1) is 0 Å². The number of esters is 1. The van der Waals surface area contributed by atoms with Crippen LogP contribution in [0.1, 0.15) is 32.1 Å². The lowest BCUT2D eigenvalue weighted by Crippen LogP contribution is -2.45. The quantitative estimate of drug-likeness (QED) is 0.614. The first-order chi connectivity index (χ1) is 8.70. The number of hydrogen-bond donors (Lipinski definition) is 2. The Bertz CT molecular complexity index is 349. The molecule has 0 aromatic carbocycles. The Balaban J connectivity index is 2.51. The van der Waals surface area contributed by atoms with Crippen molar-refractivity contribution >= 4 is 23.7 Å². The summed E-state index contributed by atoms with van der Waals surface area (Å²) in [7, 11) is 0. The molecule has 1 aliphatic rings. The maximum atomic E-state index is 12.1. The summed E-state index contributed by atoms with van der Waals surface area (Å²) in [4.78, 5) is 21.5. The van der Waals surface area contributed by atoms with Crippen LogP contribution in [0, 0.1) is 5.92 Å². The molecule has 0 aliphatic heterocycles. The standard InChI is InChI=1S/C11H16F3NO3S/c12-11(13,14)10(17)18-8-5-6(1-3-7(8)15)2-4-9(16)19/h6-8H,1-5,15H2,(H,16,19)/t6-,7+,8?/m1/s1. The van der Waals surface area contributed by atoms with Crippen molar-refractivity contribution < 1.29 is 27.5 Å². The first kappa shape index (κ1) is 16.3. The van der Waals surface area contributed by atoms with E-state index >= 15 is 0 Å². The lowest BCUT2D eigenvalue weighted by molar-refractivity contribution is -0.207. The molecular weight excluding hydrogens is 283 g/mol. The fourth-order valence-corrected chi connectivity index (χ4v) is 2.29. The van der Waals surface area contributed by atoms with Crippen LogP contribution in [-0.4, -0.2) is 29.4 Å². The summed E-state index contributed by atoms with van der Waals surface area (Å²) in [6.45, 7) is 0. The first-order valence-corrected chi connectivity index (χ1v) is 6.40. The maximum Gasteiger partial charge on any atom is 0.490 e. The van der Waals surface area contributed by atoms with Crippen molar-refractivity contribution in [1.29, 1.82) is 0 Å². The number of carbonyl (C=O) groups is 2. The number of hydrogen-bond acceptors (Lipinski definition) is 4. The Morgan fingerprint density at radius 3 is 2.47 bits per heavy atom. The highest BCUT2D eigenvalue weighted by molar-refractivity contribution is 7.96. The van der Waals surface area contributed by atoms with Gasteiger partial charge in [0.25, 0.3) is 0 Å². The number of alkyl halides is 3. The highest BCUT2D eigenvalue weighted by Crippen LogP contribution is 2.30. The molecule has 0 heterocycles. The van der Waals surface area contributed by atoms with Crippen molar-refractivity contribution in [2.75, 3.05) is 0 Å². The van der Waals surface area contributed by atoms with E-state index < -0.39 is 24.3 Å². The van der Waals surface area contributed by atoms with Gasteiger partial charge in [-0.3, -0.25) is 4.79 Å². The number of ether oxygens (including phenoxy) is 1. The molecule has 1 fully saturated rings. The minimum atomic E-state index is -5.01. The van der Waals surface area contributed by atoms with Crippen LogP contribution in [0.5, 0.6) is 0 Å². The molecule has 0 saturated heterocycles. The van der Waals surface area contributed by atoms with Crippen LogP contribution in [0.15, 0.2) is 0 Å². The predicted molar refractivity (Wildman–Crippen MR) is 64.5 cm³/mol. The number of halogens is 3. The predicted octanol–water partition coefficient (Wildman–Crippen LogP) is 1.82. The van der Waals surface area contributed by atoms with Crippen LogP contribution < -0.4 is 5.73 Å². The lowest BCUT2D eigenvalue weighted by atomic mass is 9.82. The number of rotatable bonds is 4. The van der Waals surface area contributed by atoms with Crippen molar-refractivity contribution in [3.05, 3.63) is 0 Å². The largest absolute Gasteiger partial charge is 0.490 e. The van der Waals surface area contributed by atoms with E-state index in [0.717, 1.165) is 0 Å². The van der Waals surface area contributed by atoms with Crippen molar-refractivity contribution in [2.24, 2.45) is 11.7 Å². The van der Waals surface area contributed by atoms with Gasteiger partial charge < -0.3 is 10.5 Å². The van der Waals surface area contributed by atoms with Crippen LogP contribution in [0.4, 0.5) is 13.2 Å². The molecule has 0 bridgehead atoms. The van der Waals surface area contributed by atoms with E-state index in [9.17, 15) is 22.8 Å². The second-order valence-corrected chi connectivity index (χ2v) is 5.22. The van der Waals surface area contributed by atoms with Gasteiger partial charge in [-0.15, -0.1) is 12.6 Å². The zero-order valence-electron chi connectivity index (χ0n) is 10.2. The van der Waals surface area contributed by atoms with Gasteiger partial charge in [-0.05, 0) is 31.6 Å². The Kier molecular flexibility index (Phi) is 5.66. The average molecular weight is 299 g/mol. The van der Waals surface area contributed by atoms with Gasteiger partial charge in [0, 0.05) is 12.5 Å². The molecule has 1 rings (SSSR count). The van der Waals surface area contributed by atoms with Gasteiger partial charge in [0.1, 0.15) is 6.10 Å². The SMILES string of the molecule is N[C@H]1CC[C@H](CCC(=O)S)CC1OC(=O)C(F)(F)F. The zero-order chi connectivity index (χ0) is 14.6. The Morgan fingerprint density at radius 1 is 1.32 bits per heavy atom. The molecular formula is C11H16F3NO3S. The Hall–Kier alpha value is -0.760. The van der Waals surface area contributed by atoms with Crippen LogP contribution in [0.25, 0.3) is 0 Å². The Morgan fingerprint density at radius 2 is 1.95 bits per heavy atom. The third kappa shape index (κ3) is 5.40. The lowest BCUT2D eigenvalue weighted by Gasteiger charge is -2.33. The van der Waals surface area contributed by atoms with E-state index in [2.05, 4.69) is 17.4 Å². The minimum Gasteiger partial charge on any atom is -0.454 e. The zero-order valence-corrected chi connectivity index (χ0v) is 11.0. The molecule has 0 spiro atoms. The minimum absolute atomic E-state index is 0.0296. The number of carbonyl (C=O) groups excluding carboxylic acids is 2. The normalized spacial score (nSPS) is 27.9. The smallest absolute Gasteiger partial charge is 0.454 e. The molecule has 1 saturated carbocycles. The molecule has 0 amide bonds. The van der Waals surface area contributed by atoms with Crippen LogP contribution in [0.2, 0.25) is 0 Å². The fourth-order valence-electron chi connectivity index (χ4n) is 2.16. The average Bonchev–Trinajstić information content (AvgIpc) is 2.28. The van der Waals surface area contributed by atoms with E-state index in [1.807, 2.05) is 0 Å². The maximum absolute atomic E-state index is 12.1. The van der Waals surface area contributed by atoms with Crippen molar-refractivity contribution in [1.82, 2.24) is 0 Å². The van der Waals surface area contributed by atoms with Gasteiger partial charge in [0.15, 0.2) is 5.12 Å². The highest BCUT2D eigenvalue weighted by atomic mass is 32.1. The number of thiol groups is 1. The first-order valence-electron chi connectivity index (χ1n) is 5.95. The summed E-state index contributed by atoms with van der Waals surface area (Å²) in [6, 6.07) is -0.589. The second kappa shape index (κ2) is 6.60. The van der Waals surface area contributed by atoms with Crippen LogP contribution in [0.3, 0.4) is 0 Å². The van der Waals surface area contributed by atoms with Gasteiger partial charge in [-0.2, -0.15) is 13.2 Å². The molecule has 3 atom stereocenters. The van der Waals surface area contributed by atoms with Gasteiger partial charge >= 0.3 is 12.1 Å². The van der Waals surface area contributed by atoms with E-state index in [1.54, 1.807) is 0 Å². The van der Waals surface area contributed by atoms with Gasteiger partial charge in [-0.25, -0.2) is 4.79 Å². The molecule has 1 aliphatic carbocycles. The topological polar surface area (TPSA) is 69.4 Å². The summed E-state index contributed by atoms with van der Waals surface area (Å²) >= 11 is 3.63. The monoisotopic (exact) mass is 299 g/mol. The van der Waals surface area contributed by atoms with E-state index in [1.165, 1.54) is 0 Å². The molecule has 1 unspecified atom stereocenters. The fraction of sp³-hybridized carbons (Fsp3) is 0.818.